The first-order valence-electron chi connectivity index (χ1n) is 9.37. The Bertz CT molecular complexity index is 1060. The van der Waals surface area contributed by atoms with E-state index in [-0.39, 0.29) is 23.8 Å². The van der Waals surface area contributed by atoms with Crippen molar-refractivity contribution < 1.29 is 23.5 Å². The SMILES string of the molecule is CCN1C(=O)C(CC(=O)Nc2ccccc2OC(C)=O)SC1=Nc1ccc(Br)cc1F. The lowest BCUT2D eigenvalue weighted by Crippen LogP contribution is -2.33. The smallest absolute Gasteiger partial charge is 0.308 e. The molecule has 1 aliphatic heterocycles. The molecule has 1 atom stereocenters. The number of rotatable bonds is 6. The summed E-state index contributed by atoms with van der Waals surface area (Å²) >= 11 is 4.31. The molecule has 1 N–H and O–H groups in total. The third kappa shape index (κ3) is 5.71. The quantitative estimate of drug-likeness (QED) is 0.459. The molecule has 1 heterocycles. The van der Waals surface area contributed by atoms with Crippen molar-refractivity contribution in [3.8, 4) is 5.75 Å². The van der Waals surface area contributed by atoms with Crippen LogP contribution in [0, 0.1) is 5.82 Å². The highest BCUT2D eigenvalue weighted by atomic mass is 79.9. The highest BCUT2D eigenvalue weighted by Gasteiger charge is 2.38. The van der Waals surface area contributed by atoms with E-state index in [4.69, 9.17) is 4.74 Å². The van der Waals surface area contributed by atoms with Gasteiger partial charge < -0.3 is 10.1 Å². The van der Waals surface area contributed by atoms with E-state index in [1.165, 1.54) is 24.0 Å². The number of nitrogens with zero attached hydrogens (tertiary/aromatic N) is 2. The van der Waals surface area contributed by atoms with Crippen LogP contribution in [0.3, 0.4) is 0 Å². The Balaban J connectivity index is 1.74. The van der Waals surface area contributed by atoms with Crippen molar-refractivity contribution in [3.63, 3.8) is 0 Å². The Morgan fingerprint density at radius 2 is 2.03 bits per heavy atom. The van der Waals surface area contributed by atoms with Gasteiger partial charge in [0.05, 0.1) is 5.69 Å². The molecular formula is C21H19BrFN3O4S. The second-order valence-corrected chi connectivity index (χ2v) is 8.61. The molecule has 0 bridgehead atoms. The molecule has 1 aliphatic rings. The monoisotopic (exact) mass is 507 g/mol. The standard InChI is InChI=1S/C21H19BrFN3O4S/c1-3-26-20(29)18(31-21(26)25-15-9-8-13(22)10-14(15)23)11-19(28)24-16-6-4-5-7-17(16)30-12(2)27/h4-10,18H,3,11H2,1-2H3,(H,24,28). The lowest BCUT2D eigenvalue weighted by atomic mass is 10.2. The number of esters is 1. The van der Waals surface area contributed by atoms with Gasteiger partial charge >= 0.3 is 5.97 Å². The Hall–Kier alpha value is -2.72. The van der Waals surface area contributed by atoms with E-state index >= 15 is 0 Å². The maximum atomic E-state index is 14.2. The number of amides is 2. The minimum Gasteiger partial charge on any atom is -0.424 e. The zero-order chi connectivity index (χ0) is 22.5. The number of aliphatic imine (C=N–C) groups is 1. The van der Waals surface area contributed by atoms with Crippen LogP contribution in [0.4, 0.5) is 15.8 Å². The number of thioether (sulfide) groups is 1. The molecule has 2 aromatic carbocycles. The molecule has 0 radical (unpaired) electrons. The molecule has 7 nitrogen and oxygen atoms in total. The zero-order valence-electron chi connectivity index (χ0n) is 16.7. The number of benzene rings is 2. The van der Waals surface area contributed by atoms with E-state index in [0.717, 1.165) is 11.8 Å². The van der Waals surface area contributed by atoms with Gasteiger partial charge in [-0.2, -0.15) is 0 Å². The van der Waals surface area contributed by atoms with E-state index < -0.39 is 22.9 Å². The number of carbonyl (C=O) groups excluding carboxylic acids is 3. The third-order valence-electron chi connectivity index (χ3n) is 4.25. The van der Waals surface area contributed by atoms with Gasteiger partial charge in [0.2, 0.25) is 11.8 Å². The van der Waals surface area contributed by atoms with Crippen molar-refractivity contribution in [2.45, 2.75) is 25.5 Å². The van der Waals surface area contributed by atoms with Gasteiger partial charge in [0.15, 0.2) is 10.9 Å². The minimum absolute atomic E-state index is 0.109. The van der Waals surface area contributed by atoms with Crippen LogP contribution in [0.1, 0.15) is 20.3 Å². The second-order valence-electron chi connectivity index (χ2n) is 6.52. The number of amidine groups is 1. The van der Waals surface area contributed by atoms with Crippen LogP contribution < -0.4 is 10.1 Å². The van der Waals surface area contributed by atoms with Gasteiger partial charge in [-0.3, -0.25) is 19.3 Å². The van der Waals surface area contributed by atoms with Gasteiger partial charge in [0, 0.05) is 24.4 Å². The molecule has 2 aromatic rings. The first-order valence-corrected chi connectivity index (χ1v) is 11.0. The molecule has 0 saturated carbocycles. The number of hydrogen-bond donors (Lipinski definition) is 1. The van der Waals surface area contributed by atoms with Gasteiger partial charge in [-0.1, -0.05) is 39.8 Å². The lowest BCUT2D eigenvalue weighted by molar-refractivity contribution is -0.132. The summed E-state index contributed by atoms with van der Waals surface area (Å²) in [7, 11) is 0. The van der Waals surface area contributed by atoms with E-state index in [9.17, 15) is 18.8 Å². The van der Waals surface area contributed by atoms with Gasteiger partial charge in [0.25, 0.3) is 0 Å². The molecule has 0 aliphatic carbocycles. The molecule has 1 saturated heterocycles. The van der Waals surface area contributed by atoms with E-state index in [1.807, 2.05) is 0 Å². The maximum Gasteiger partial charge on any atom is 0.308 e. The molecular weight excluding hydrogens is 489 g/mol. The number of nitrogens with one attached hydrogen (secondary N) is 1. The molecule has 162 valence electrons. The maximum absolute atomic E-state index is 14.2. The minimum atomic E-state index is -0.696. The number of carbonyl (C=O) groups is 3. The number of hydrogen-bond acceptors (Lipinski definition) is 6. The molecule has 1 unspecified atom stereocenters. The average Bonchev–Trinajstić information content (AvgIpc) is 2.99. The molecule has 2 amide bonds. The largest absolute Gasteiger partial charge is 0.424 e. The Morgan fingerprint density at radius 1 is 1.29 bits per heavy atom. The van der Waals surface area contributed by atoms with Crippen LogP contribution in [-0.4, -0.2) is 39.6 Å². The first kappa shape index (κ1) is 23.0. The van der Waals surface area contributed by atoms with Crippen LogP contribution in [0.25, 0.3) is 0 Å². The van der Waals surface area contributed by atoms with Crippen molar-refractivity contribution in [2.75, 3.05) is 11.9 Å². The van der Waals surface area contributed by atoms with Crippen LogP contribution >= 0.6 is 27.7 Å². The van der Waals surface area contributed by atoms with Gasteiger partial charge in [-0.25, -0.2) is 9.38 Å². The summed E-state index contributed by atoms with van der Waals surface area (Å²) < 4.78 is 19.8. The van der Waals surface area contributed by atoms with Crippen LogP contribution in [-0.2, 0) is 14.4 Å². The second kappa shape index (κ2) is 10.1. The van der Waals surface area contributed by atoms with Crippen molar-refractivity contribution in [1.82, 2.24) is 4.90 Å². The summed E-state index contributed by atoms with van der Waals surface area (Å²) in [6.07, 6.45) is -0.115. The Morgan fingerprint density at radius 3 is 2.71 bits per heavy atom. The van der Waals surface area contributed by atoms with E-state index in [0.29, 0.717) is 21.9 Å². The fourth-order valence-electron chi connectivity index (χ4n) is 2.87. The highest BCUT2D eigenvalue weighted by molar-refractivity contribution is 9.10. The number of halogens is 2. The van der Waals surface area contributed by atoms with E-state index in [2.05, 4.69) is 26.2 Å². The Kier molecular flexibility index (Phi) is 7.45. The molecule has 3 rings (SSSR count). The summed E-state index contributed by atoms with van der Waals surface area (Å²) in [5, 5.41) is 2.31. The molecule has 31 heavy (non-hydrogen) atoms. The average molecular weight is 508 g/mol. The molecule has 0 spiro atoms. The summed E-state index contributed by atoms with van der Waals surface area (Å²) in [5.74, 6) is -1.50. The summed E-state index contributed by atoms with van der Waals surface area (Å²) in [6.45, 7) is 3.39. The van der Waals surface area contributed by atoms with Crippen molar-refractivity contribution >= 4 is 62.0 Å². The Labute approximate surface area is 191 Å². The lowest BCUT2D eigenvalue weighted by Gasteiger charge is -2.14. The molecule has 10 heteroatoms. The van der Waals surface area contributed by atoms with Crippen molar-refractivity contribution in [3.05, 3.63) is 52.8 Å². The first-order chi connectivity index (χ1) is 14.8. The van der Waals surface area contributed by atoms with Gasteiger partial charge in [-0.15, -0.1) is 0 Å². The predicted octanol–water partition coefficient (Wildman–Crippen LogP) is 4.49. The molecule has 0 aromatic heterocycles. The fourth-order valence-corrected chi connectivity index (χ4v) is 4.42. The fraction of sp³-hybridized carbons (Fsp3) is 0.238. The highest BCUT2D eigenvalue weighted by Crippen LogP contribution is 2.33. The summed E-state index contributed by atoms with van der Waals surface area (Å²) in [5.41, 5.74) is 0.439. The third-order valence-corrected chi connectivity index (χ3v) is 5.92. The topological polar surface area (TPSA) is 88.1 Å². The summed E-state index contributed by atoms with van der Waals surface area (Å²) in [4.78, 5) is 42.3. The van der Waals surface area contributed by atoms with Gasteiger partial charge in [-0.05, 0) is 37.3 Å². The number of ether oxygens (including phenoxy) is 1. The molecule has 1 fully saturated rings. The van der Waals surface area contributed by atoms with Crippen LogP contribution in [0.15, 0.2) is 51.9 Å². The van der Waals surface area contributed by atoms with Crippen molar-refractivity contribution in [1.29, 1.82) is 0 Å². The number of anilines is 1. The van der Waals surface area contributed by atoms with Crippen LogP contribution in [0.2, 0.25) is 0 Å². The van der Waals surface area contributed by atoms with Gasteiger partial charge in [0.1, 0.15) is 16.8 Å². The normalized spacial score (nSPS) is 17.2. The zero-order valence-corrected chi connectivity index (χ0v) is 19.1. The summed E-state index contributed by atoms with van der Waals surface area (Å²) in [6, 6.07) is 11.0. The van der Waals surface area contributed by atoms with E-state index in [1.54, 1.807) is 37.3 Å². The van der Waals surface area contributed by atoms with Crippen LogP contribution in [0.5, 0.6) is 5.75 Å². The predicted molar refractivity (Wildman–Crippen MR) is 121 cm³/mol. The number of para-hydroxylation sites is 2. The van der Waals surface area contributed by atoms with Crippen molar-refractivity contribution in [2.24, 2.45) is 4.99 Å².